The summed E-state index contributed by atoms with van der Waals surface area (Å²) >= 11 is 0. The van der Waals surface area contributed by atoms with E-state index in [1.54, 1.807) is 0 Å². The van der Waals surface area contributed by atoms with Gasteiger partial charge < -0.3 is 8.83 Å². The van der Waals surface area contributed by atoms with Gasteiger partial charge in [-0.3, -0.25) is 0 Å². The van der Waals surface area contributed by atoms with E-state index in [9.17, 15) is 0 Å². The van der Waals surface area contributed by atoms with Gasteiger partial charge in [0.25, 0.3) is 0 Å². The van der Waals surface area contributed by atoms with E-state index >= 15 is 0 Å². The van der Waals surface area contributed by atoms with Crippen LogP contribution in [-0.4, -0.2) is 15.0 Å². The summed E-state index contributed by atoms with van der Waals surface area (Å²) in [6.45, 7) is 0. The zero-order chi connectivity index (χ0) is 31.6. The van der Waals surface area contributed by atoms with E-state index < -0.39 is 0 Å². The molecule has 0 atom stereocenters. The molecule has 5 heteroatoms. The molecular weight excluding hydrogens is 590 g/mol. The van der Waals surface area contributed by atoms with E-state index in [-0.39, 0.29) is 0 Å². The van der Waals surface area contributed by atoms with E-state index in [2.05, 4.69) is 66.7 Å². The summed E-state index contributed by atoms with van der Waals surface area (Å²) in [7, 11) is 0. The molecule has 0 aliphatic heterocycles. The predicted molar refractivity (Wildman–Crippen MR) is 194 cm³/mol. The third-order valence-corrected chi connectivity index (χ3v) is 9.11. The Bertz CT molecular complexity index is 2830. The molecule has 0 unspecified atom stereocenters. The van der Waals surface area contributed by atoms with Crippen molar-refractivity contribution in [3.05, 3.63) is 152 Å². The molecule has 0 N–H and O–H groups in total. The minimum Gasteiger partial charge on any atom is -0.455 e. The minimum atomic E-state index is 0.614. The third-order valence-electron chi connectivity index (χ3n) is 9.11. The van der Waals surface area contributed by atoms with Crippen LogP contribution in [0, 0.1) is 0 Å². The van der Waals surface area contributed by atoms with Gasteiger partial charge in [-0.15, -0.1) is 0 Å². The van der Waals surface area contributed by atoms with Gasteiger partial charge in [-0.25, -0.2) is 15.0 Å². The smallest absolute Gasteiger partial charge is 0.164 e. The molecule has 10 rings (SSSR count). The van der Waals surface area contributed by atoms with Crippen molar-refractivity contribution in [2.75, 3.05) is 0 Å². The summed E-state index contributed by atoms with van der Waals surface area (Å²) in [5, 5.41) is 5.20. The Morgan fingerprint density at radius 1 is 0.396 bits per heavy atom. The zero-order valence-corrected chi connectivity index (χ0v) is 25.6. The number of hydrogen-bond acceptors (Lipinski definition) is 5. The van der Waals surface area contributed by atoms with E-state index in [1.807, 2.05) is 84.9 Å². The molecule has 0 amide bonds. The molecule has 0 spiro atoms. The molecule has 48 heavy (non-hydrogen) atoms. The van der Waals surface area contributed by atoms with Gasteiger partial charge in [0.2, 0.25) is 0 Å². The lowest BCUT2D eigenvalue weighted by Crippen LogP contribution is -1.96. The molecule has 0 aliphatic rings. The monoisotopic (exact) mass is 615 g/mol. The molecule has 0 saturated heterocycles. The summed E-state index contributed by atoms with van der Waals surface area (Å²) < 4.78 is 12.8. The summed E-state index contributed by atoms with van der Waals surface area (Å²) in [5.74, 6) is 0.614. The van der Waals surface area contributed by atoms with E-state index in [0.717, 1.165) is 94.1 Å². The second-order valence-electron chi connectivity index (χ2n) is 12.0. The summed E-state index contributed by atoms with van der Waals surface area (Å²) in [5.41, 5.74) is 10.6. The van der Waals surface area contributed by atoms with Gasteiger partial charge in [0.15, 0.2) is 5.82 Å². The van der Waals surface area contributed by atoms with Crippen LogP contribution in [0.3, 0.4) is 0 Å². The highest BCUT2D eigenvalue weighted by atomic mass is 16.3. The van der Waals surface area contributed by atoms with Gasteiger partial charge >= 0.3 is 0 Å². The van der Waals surface area contributed by atoms with Crippen LogP contribution in [0.15, 0.2) is 160 Å². The third kappa shape index (κ3) is 4.15. The molecule has 4 aromatic heterocycles. The maximum absolute atomic E-state index is 6.42. The molecule has 4 heterocycles. The number of para-hydroxylation sites is 4. The summed E-state index contributed by atoms with van der Waals surface area (Å²) in [6.07, 6.45) is 0. The van der Waals surface area contributed by atoms with Crippen LogP contribution in [0.2, 0.25) is 0 Å². The van der Waals surface area contributed by atoms with Crippen LogP contribution >= 0.6 is 0 Å². The molecular formula is C43H25N3O2. The number of hydrogen-bond donors (Lipinski definition) is 0. The van der Waals surface area contributed by atoms with Crippen molar-refractivity contribution in [2.24, 2.45) is 0 Å². The van der Waals surface area contributed by atoms with Crippen molar-refractivity contribution in [1.82, 2.24) is 15.0 Å². The molecule has 0 bridgehead atoms. The van der Waals surface area contributed by atoms with E-state index in [1.165, 1.54) is 0 Å². The van der Waals surface area contributed by atoms with Crippen LogP contribution in [0.5, 0.6) is 0 Å². The Morgan fingerprint density at radius 3 is 1.77 bits per heavy atom. The van der Waals surface area contributed by atoms with Crippen molar-refractivity contribution in [2.45, 2.75) is 0 Å². The fourth-order valence-corrected chi connectivity index (χ4v) is 6.81. The first-order valence-electron chi connectivity index (χ1n) is 15.9. The Morgan fingerprint density at radius 2 is 0.979 bits per heavy atom. The first kappa shape index (κ1) is 26.6. The number of benzene rings is 6. The number of furan rings is 2. The molecule has 6 aromatic carbocycles. The molecule has 10 aromatic rings. The van der Waals surface area contributed by atoms with Crippen LogP contribution < -0.4 is 0 Å². The minimum absolute atomic E-state index is 0.614. The van der Waals surface area contributed by atoms with Crippen LogP contribution in [0.1, 0.15) is 0 Å². The van der Waals surface area contributed by atoms with E-state index in [4.69, 9.17) is 23.8 Å². The van der Waals surface area contributed by atoms with Crippen molar-refractivity contribution in [1.29, 1.82) is 0 Å². The van der Waals surface area contributed by atoms with Crippen molar-refractivity contribution in [3.63, 3.8) is 0 Å². The lowest BCUT2D eigenvalue weighted by molar-refractivity contribution is 0.669. The molecule has 0 fully saturated rings. The topological polar surface area (TPSA) is 65.0 Å². The second-order valence-corrected chi connectivity index (χ2v) is 12.0. The lowest BCUT2D eigenvalue weighted by Gasteiger charge is -2.11. The normalized spacial score (nSPS) is 11.8. The highest BCUT2D eigenvalue weighted by molar-refractivity contribution is 6.19. The predicted octanol–water partition coefficient (Wildman–Crippen LogP) is 11.5. The zero-order valence-electron chi connectivity index (χ0n) is 25.6. The number of aromatic nitrogens is 3. The van der Waals surface area contributed by atoms with Crippen molar-refractivity contribution in [3.8, 4) is 45.2 Å². The van der Waals surface area contributed by atoms with Gasteiger partial charge in [0.1, 0.15) is 22.3 Å². The number of nitrogens with zero attached hydrogens (tertiary/aromatic N) is 3. The van der Waals surface area contributed by atoms with E-state index in [0.29, 0.717) is 5.82 Å². The van der Waals surface area contributed by atoms with Gasteiger partial charge in [0, 0.05) is 38.2 Å². The van der Waals surface area contributed by atoms with Crippen LogP contribution in [0.4, 0.5) is 0 Å². The fourth-order valence-electron chi connectivity index (χ4n) is 6.81. The first-order valence-corrected chi connectivity index (χ1v) is 15.9. The highest BCUT2D eigenvalue weighted by Gasteiger charge is 2.19. The molecule has 0 saturated carbocycles. The standard InChI is InChI=1S/C43H25N3O2/c1-2-11-26(12-3-1)35-25-36(46-43(45-35)33-17-10-16-30-29-13-5-8-19-37(29)47-41(30)33)27-21-23-28(24-22-27)40-39-32-15-6-9-20-38(32)48-42(39)31-14-4-7-18-34(31)44-40/h1-25H. The van der Waals surface area contributed by atoms with Crippen molar-refractivity contribution >= 4 is 54.8 Å². The Kier molecular flexibility index (Phi) is 5.81. The number of rotatable bonds is 4. The molecule has 5 nitrogen and oxygen atoms in total. The molecule has 224 valence electrons. The van der Waals surface area contributed by atoms with Crippen molar-refractivity contribution < 1.29 is 8.83 Å². The Hall–Kier alpha value is -6.59. The van der Waals surface area contributed by atoms with Crippen LogP contribution in [0.25, 0.3) is 99.9 Å². The SMILES string of the molecule is c1ccc(-c2cc(-c3ccc(-c4nc5ccccc5c5oc6ccccc6c45)cc3)nc(-c3cccc4c3oc3ccccc34)n2)cc1. The average molecular weight is 616 g/mol. The van der Waals surface area contributed by atoms with Gasteiger partial charge in [-0.1, -0.05) is 115 Å². The largest absolute Gasteiger partial charge is 0.455 e. The van der Waals surface area contributed by atoms with Gasteiger partial charge in [-0.05, 0) is 36.4 Å². The second kappa shape index (κ2) is 10.5. The summed E-state index contributed by atoms with van der Waals surface area (Å²) in [4.78, 5) is 15.4. The highest BCUT2D eigenvalue weighted by Crippen LogP contribution is 2.40. The Labute approximate surface area is 274 Å². The molecule has 0 radical (unpaired) electrons. The maximum Gasteiger partial charge on any atom is 0.164 e. The van der Waals surface area contributed by atoms with Gasteiger partial charge in [0.05, 0.1) is 33.5 Å². The number of pyridine rings is 1. The lowest BCUT2D eigenvalue weighted by atomic mass is 10.00. The number of fused-ring (bicyclic) bond motifs is 8. The fraction of sp³-hybridized carbons (Fsp3) is 0. The first-order chi connectivity index (χ1) is 23.8. The van der Waals surface area contributed by atoms with Gasteiger partial charge in [-0.2, -0.15) is 0 Å². The summed E-state index contributed by atoms with van der Waals surface area (Å²) in [6, 6.07) is 51.4. The quantitative estimate of drug-likeness (QED) is 0.197. The molecule has 0 aliphatic carbocycles. The average Bonchev–Trinajstić information content (AvgIpc) is 3.74. The van der Waals surface area contributed by atoms with Crippen LogP contribution in [-0.2, 0) is 0 Å². The Balaban J connectivity index is 1.15. The maximum atomic E-state index is 6.42.